The zero-order valence-electron chi connectivity index (χ0n) is 7.98. The fourth-order valence-corrected chi connectivity index (χ4v) is 1.22. The number of alkyl halides is 1. The molecular weight excluding hydrogens is 216 g/mol. The monoisotopic (exact) mass is 226 g/mol. The summed E-state index contributed by atoms with van der Waals surface area (Å²) in [5.41, 5.74) is 0.659. The molecule has 80 valence electrons. The summed E-state index contributed by atoms with van der Waals surface area (Å²) in [6.45, 7) is 0. The lowest BCUT2D eigenvalue weighted by molar-refractivity contribution is 0.0696. The van der Waals surface area contributed by atoms with Gasteiger partial charge in [0.05, 0.1) is 5.56 Å². The highest BCUT2D eigenvalue weighted by atomic mass is 35.5. The van der Waals surface area contributed by atoms with E-state index in [1.54, 1.807) is 12.1 Å². The van der Waals surface area contributed by atoms with E-state index in [9.17, 15) is 9.90 Å². The first-order valence-corrected chi connectivity index (χ1v) is 4.97. The van der Waals surface area contributed by atoms with Gasteiger partial charge in [-0.1, -0.05) is 18.2 Å². The first-order chi connectivity index (χ1) is 7.15. The van der Waals surface area contributed by atoms with E-state index < -0.39 is 5.97 Å². The van der Waals surface area contributed by atoms with E-state index in [0.29, 0.717) is 17.9 Å². The number of aromatic carboxylic acids is 1. The normalized spacial score (nSPS) is 10.7. The number of hydrogen-bond acceptors (Lipinski definition) is 2. The third kappa shape index (κ3) is 3.29. The number of rotatable bonds is 4. The number of phenols is 1. The van der Waals surface area contributed by atoms with E-state index in [-0.39, 0.29) is 11.3 Å². The van der Waals surface area contributed by atoms with Crippen LogP contribution in [0.5, 0.6) is 5.75 Å². The van der Waals surface area contributed by atoms with Crippen molar-refractivity contribution in [2.24, 2.45) is 0 Å². The van der Waals surface area contributed by atoms with Gasteiger partial charge in [-0.25, -0.2) is 4.79 Å². The maximum atomic E-state index is 10.6. The zero-order valence-corrected chi connectivity index (χ0v) is 8.74. The minimum absolute atomic E-state index is 0.0410. The summed E-state index contributed by atoms with van der Waals surface area (Å²) in [4.78, 5) is 10.6. The van der Waals surface area contributed by atoms with Gasteiger partial charge in [0.15, 0.2) is 0 Å². The van der Waals surface area contributed by atoms with Gasteiger partial charge >= 0.3 is 5.97 Å². The van der Waals surface area contributed by atoms with E-state index in [1.165, 1.54) is 12.1 Å². The molecule has 0 aliphatic heterocycles. The Kier molecular flexibility index (Phi) is 4.18. The maximum Gasteiger partial charge on any atom is 0.335 e. The van der Waals surface area contributed by atoms with E-state index in [2.05, 4.69) is 0 Å². The molecule has 0 aromatic heterocycles. The van der Waals surface area contributed by atoms with Crippen LogP contribution in [-0.4, -0.2) is 22.1 Å². The van der Waals surface area contributed by atoms with Gasteiger partial charge in [0, 0.05) is 11.4 Å². The second kappa shape index (κ2) is 5.41. The summed E-state index contributed by atoms with van der Waals surface area (Å²) in [6, 6.07) is 4.23. The van der Waals surface area contributed by atoms with Gasteiger partial charge in [0.2, 0.25) is 0 Å². The third-order valence-corrected chi connectivity index (χ3v) is 2.07. The van der Waals surface area contributed by atoms with Gasteiger partial charge in [0.25, 0.3) is 0 Å². The van der Waals surface area contributed by atoms with Crippen LogP contribution in [0.2, 0.25) is 0 Å². The van der Waals surface area contributed by atoms with Crippen LogP contribution < -0.4 is 0 Å². The number of carboxylic acids is 1. The number of carboxylic acid groups (broad SMARTS) is 1. The molecule has 1 rings (SSSR count). The Morgan fingerprint density at radius 2 is 2.20 bits per heavy atom. The fraction of sp³-hybridized carbons (Fsp3) is 0.182. The second-order valence-electron chi connectivity index (χ2n) is 2.96. The topological polar surface area (TPSA) is 57.5 Å². The van der Waals surface area contributed by atoms with Gasteiger partial charge in [0.1, 0.15) is 5.75 Å². The number of phenolic OH excluding ortho intramolecular Hbond substituents is 1. The SMILES string of the molecule is O=C(O)c1ccc(C=CCCCl)c(O)c1. The lowest BCUT2D eigenvalue weighted by atomic mass is 10.1. The Morgan fingerprint density at radius 1 is 1.47 bits per heavy atom. The molecule has 0 unspecified atom stereocenters. The molecule has 1 aromatic rings. The van der Waals surface area contributed by atoms with Crippen molar-refractivity contribution >= 4 is 23.6 Å². The summed E-state index contributed by atoms with van der Waals surface area (Å²) in [5, 5.41) is 18.2. The van der Waals surface area contributed by atoms with Crippen LogP contribution in [0.15, 0.2) is 24.3 Å². The first kappa shape index (κ1) is 11.6. The van der Waals surface area contributed by atoms with Gasteiger partial charge in [-0.05, 0) is 18.6 Å². The average molecular weight is 227 g/mol. The largest absolute Gasteiger partial charge is 0.507 e. The predicted octanol–water partition coefficient (Wildman–Crippen LogP) is 2.73. The van der Waals surface area contributed by atoms with E-state index in [0.717, 1.165) is 0 Å². The average Bonchev–Trinajstić information content (AvgIpc) is 2.20. The van der Waals surface area contributed by atoms with Crippen molar-refractivity contribution in [3.05, 3.63) is 35.4 Å². The molecule has 3 nitrogen and oxygen atoms in total. The molecule has 15 heavy (non-hydrogen) atoms. The smallest absolute Gasteiger partial charge is 0.335 e. The molecule has 0 fully saturated rings. The van der Waals surface area contributed by atoms with Crippen LogP contribution in [0.25, 0.3) is 6.08 Å². The van der Waals surface area contributed by atoms with E-state index in [4.69, 9.17) is 16.7 Å². The summed E-state index contributed by atoms with van der Waals surface area (Å²) in [6.07, 6.45) is 4.24. The Morgan fingerprint density at radius 3 is 2.73 bits per heavy atom. The van der Waals surface area contributed by atoms with Crippen LogP contribution in [0.1, 0.15) is 22.3 Å². The van der Waals surface area contributed by atoms with Crippen molar-refractivity contribution in [2.75, 3.05) is 5.88 Å². The quantitative estimate of drug-likeness (QED) is 0.777. The molecule has 0 atom stereocenters. The standard InChI is InChI=1S/C11H11ClO3/c12-6-2-1-3-8-4-5-9(11(14)15)7-10(8)13/h1,3-5,7,13H,2,6H2,(H,14,15). The van der Waals surface area contributed by atoms with Gasteiger partial charge in [-0.2, -0.15) is 0 Å². The lowest BCUT2D eigenvalue weighted by Gasteiger charge is -2.00. The van der Waals surface area contributed by atoms with Crippen molar-refractivity contribution in [1.29, 1.82) is 0 Å². The Balaban J connectivity index is 2.88. The summed E-state index contributed by atoms with van der Waals surface area (Å²) in [5.74, 6) is -0.577. The summed E-state index contributed by atoms with van der Waals surface area (Å²) in [7, 11) is 0. The van der Waals surface area contributed by atoms with Crippen molar-refractivity contribution in [3.8, 4) is 5.75 Å². The number of aromatic hydroxyl groups is 1. The Hall–Kier alpha value is -1.48. The molecular formula is C11H11ClO3. The molecule has 0 heterocycles. The van der Waals surface area contributed by atoms with E-state index in [1.807, 2.05) is 6.08 Å². The number of hydrogen-bond donors (Lipinski definition) is 2. The number of benzene rings is 1. The number of allylic oxidation sites excluding steroid dienone is 1. The van der Waals surface area contributed by atoms with Gasteiger partial charge in [-0.15, -0.1) is 11.6 Å². The van der Waals surface area contributed by atoms with Crippen LogP contribution in [0.4, 0.5) is 0 Å². The summed E-state index contributed by atoms with van der Waals surface area (Å²) < 4.78 is 0. The molecule has 0 amide bonds. The van der Waals surface area contributed by atoms with Crippen LogP contribution in [0.3, 0.4) is 0 Å². The molecule has 0 saturated carbocycles. The second-order valence-corrected chi connectivity index (χ2v) is 3.34. The fourth-order valence-electron chi connectivity index (χ4n) is 1.09. The Bertz CT molecular complexity index is 385. The minimum atomic E-state index is -1.05. The van der Waals surface area contributed by atoms with Gasteiger partial charge in [-0.3, -0.25) is 0 Å². The highest BCUT2D eigenvalue weighted by molar-refractivity contribution is 6.17. The van der Waals surface area contributed by atoms with Crippen LogP contribution >= 0.6 is 11.6 Å². The lowest BCUT2D eigenvalue weighted by Crippen LogP contribution is -1.95. The maximum absolute atomic E-state index is 10.6. The van der Waals surface area contributed by atoms with Crippen molar-refractivity contribution in [3.63, 3.8) is 0 Å². The molecule has 4 heteroatoms. The Labute approximate surface area is 92.6 Å². The van der Waals surface area contributed by atoms with Crippen LogP contribution in [0, 0.1) is 0 Å². The zero-order chi connectivity index (χ0) is 11.3. The molecule has 0 saturated heterocycles. The summed E-state index contributed by atoms with van der Waals surface area (Å²) >= 11 is 5.48. The highest BCUT2D eigenvalue weighted by Gasteiger charge is 2.05. The third-order valence-electron chi connectivity index (χ3n) is 1.85. The predicted molar refractivity (Wildman–Crippen MR) is 59.4 cm³/mol. The number of halogens is 1. The molecule has 0 spiro atoms. The molecule has 1 aromatic carbocycles. The molecule has 0 radical (unpaired) electrons. The molecule has 0 aliphatic carbocycles. The van der Waals surface area contributed by atoms with Crippen LogP contribution in [-0.2, 0) is 0 Å². The first-order valence-electron chi connectivity index (χ1n) is 4.44. The molecule has 2 N–H and O–H groups in total. The molecule has 0 bridgehead atoms. The van der Waals surface area contributed by atoms with Crippen molar-refractivity contribution < 1.29 is 15.0 Å². The minimum Gasteiger partial charge on any atom is -0.507 e. The van der Waals surface area contributed by atoms with Gasteiger partial charge < -0.3 is 10.2 Å². The van der Waals surface area contributed by atoms with Crippen molar-refractivity contribution in [2.45, 2.75) is 6.42 Å². The molecule has 0 aliphatic rings. The van der Waals surface area contributed by atoms with E-state index >= 15 is 0 Å². The number of carbonyl (C=O) groups is 1. The van der Waals surface area contributed by atoms with Crippen molar-refractivity contribution in [1.82, 2.24) is 0 Å². The highest BCUT2D eigenvalue weighted by Crippen LogP contribution is 2.20.